The molecule has 0 aromatic heterocycles. The van der Waals surface area contributed by atoms with Gasteiger partial charge in [0, 0.05) is 36.7 Å². The van der Waals surface area contributed by atoms with Crippen LogP contribution in [0.2, 0.25) is 0 Å². The fraction of sp³-hybridized carbons (Fsp3) is 0.522. The number of unbranched alkanes of at least 4 members (excludes halogenated alkanes) is 1. The van der Waals surface area contributed by atoms with Crippen LogP contribution in [0.15, 0.2) is 36.1 Å². The molecular formula is C23H34N3O8Pt. The molecule has 1 heterocycles. The van der Waals surface area contributed by atoms with Crippen molar-refractivity contribution in [3.8, 4) is 0 Å². The van der Waals surface area contributed by atoms with Gasteiger partial charge in [-0.2, -0.15) is 0 Å². The average Bonchev–Trinajstić information content (AvgIpc) is 2.80. The molecule has 0 amide bonds. The first-order chi connectivity index (χ1) is 16.2. The molecule has 3 atom stereocenters. The Balaban J connectivity index is 0.000000884. The van der Waals surface area contributed by atoms with Crippen molar-refractivity contribution in [2.75, 3.05) is 0 Å². The van der Waals surface area contributed by atoms with Gasteiger partial charge in [-0.3, -0.25) is 24.5 Å². The molecular weight excluding hydrogens is 641 g/mol. The van der Waals surface area contributed by atoms with E-state index in [-0.39, 0.29) is 35.4 Å². The van der Waals surface area contributed by atoms with Gasteiger partial charge in [-0.25, -0.2) is 0 Å². The molecule has 1 unspecified atom stereocenters. The first-order valence-corrected chi connectivity index (χ1v) is 12.1. The number of nitrogens with zero attached hydrogens (tertiary/aromatic N) is 1. The van der Waals surface area contributed by atoms with Crippen molar-refractivity contribution in [1.29, 1.82) is 0 Å². The predicted octanol–water partition coefficient (Wildman–Crippen LogP) is 1.35. The number of carbonyl (C=O) groups is 3. The van der Waals surface area contributed by atoms with Crippen LogP contribution in [0.1, 0.15) is 57.4 Å². The first-order valence-electron chi connectivity index (χ1n) is 11.0. The predicted molar refractivity (Wildman–Crippen MR) is 124 cm³/mol. The normalized spacial score (nSPS) is 21.1. The topological polar surface area (TPSA) is 207 Å². The Hall–Kier alpha value is -2.30. The number of cyclic esters (lactones) is 1. The molecule has 3 rings (SSSR count). The quantitative estimate of drug-likeness (QED) is 0.125. The summed E-state index contributed by atoms with van der Waals surface area (Å²) in [6.07, 6.45) is 7.94. The third kappa shape index (κ3) is 11.3. The summed E-state index contributed by atoms with van der Waals surface area (Å²) in [5.41, 5.74) is 12.3. The molecule has 1 aliphatic carbocycles. The summed E-state index contributed by atoms with van der Waals surface area (Å²) in [4.78, 5) is 45.5. The number of ketones is 2. The van der Waals surface area contributed by atoms with Gasteiger partial charge in [0.2, 0.25) is 0 Å². The van der Waals surface area contributed by atoms with Gasteiger partial charge >= 0.3 is 29.9 Å². The van der Waals surface area contributed by atoms with Crippen LogP contribution in [0.3, 0.4) is 0 Å². The first kappa shape index (κ1) is 32.7. The molecule has 199 valence electrons. The standard InChI is InChI=1S/C17H17NO6.C6H14N2.2H2O.Pt/c1-11-10-15(20)16(17(21)24-11)14(19)5-3-2-4-12-6-8-13(9-7-12)18(22)23;7-5-3-1-2-4-6(5)8;;;/h6-10,16H,2-5H2,1H3;5-6H,1-4,7-8H2;2*1H2;/q;;;;+1/p-1/t;5-,6-;;;/m.1.../s1. The van der Waals surface area contributed by atoms with Gasteiger partial charge in [0.25, 0.3) is 5.69 Å². The zero-order chi connectivity index (χ0) is 25.7. The molecule has 1 aromatic rings. The average molecular weight is 676 g/mol. The van der Waals surface area contributed by atoms with Gasteiger partial charge < -0.3 is 21.7 Å². The Morgan fingerprint density at radius 3 is 2.11 bits per heavy atom. The molecule has 1 fully saturated rings. The fourth-order valence-corrected chi connectivity index (χ4v) is 3.68. The second-order valence-corrected chi connectivity index (χ2v) is 8.22. The Morgan fingerprint density at radius 1 is 1.11 bits per heavy atom. The molecule has 11 nitrogen and oxygen atoms in total. The second kappa shape index (κ2) is 17.2. The number of allylic oxidation sites excluding steroid dienone is 2. The van der Waals surface area contributed by atoms with E-state index >= 15 is 0 Å². The summed E-state index contributed by atoms with van der Waals surface area (Å²) in [6, 6.07) is 6.79. The van der Waals surface area contributed by atoms with Crippen molar-refractivity contribution >= 4 is 23.2 Å². The van der Waals surface area contributed by atoms with Gasteiger partial charge in [0.05, 0.1) is 4.92 Å². The summed E-state index contributed by atoms with van der Waals surface area (Å²) >= 11 is 1.14. The number of esters is 1. The molecule has 0 bridgehead atoms. The van der Waals surface area contributed by atoms with E-state index in [9.17, 15) is 24.5 Å². The summed E-state index contributed by atoms with van der Waals surface area (Å²) in [5, 5.41) is 10.6. The number of nitro groups is 1. The van der Waals surface area contributed by atoms with Gasteiger partial charge in [-0.15, -0.1) is 0 Å². The fourth-order valence-electron chi connectivity index (χ4n) is 3.68. The summed E-state index contributed by atoms with van der Waals surface area (Å²) in [7, 11) is 0. The summed E-state index contributed by atoms with van der Waals surface area (Å²) in [5.74, 6) is -2.90. The van der Waals surface area contributed by atoms with Crippen molar-refractivity contribution in [1.82, 2.24) is 0 Å². The zero-order valence-electron chi connectivity index (χ0n) is 19.6. The molecule has 35 heavy (non-hydrogen) atoms. The molecule has 0 spiro atoms. The van der Waals surface area contributed by atoms with Crippen LogP contribution in [0.5, 0.6) is 0 Å². The molecule has 0 radical (unpaired) electrons. The molecule has 1 aliphatic heterocycles. The Labute approximate surface area is 216 Å². The van der Waals surface area contributed by atoms with E-state index in [1.54, 1.807) is 12.1 Å². The van der Waals surface area contributed by atoms with Crippen LogP contribution in [0.25, 0.3) is 0 Å². The van der Waals surface area contributed by atoms with Crippen LogP contribution in [0, 0.1) is 16.0 Å². The Kier molecular flexibility index (Phi) is 16.1. The molecule has 0 saturated heterocycles. The zero-order valence-corrected chi connectivity index (χ0v) is 21.9. The SMILES string of the molecule is CC1=CC(=O)C(C(=O)CCCCc2ccc([N+](=O)[O-])cc2)C(=O)O1.N[C@@H]1CCCC[C@H]1N.O.[OH][Pt]. The number of nitrogens with two attached hydrogens (primary N) is 2. The minimum atomic E-state index is -1.34. The number of non-ortho nitro benzene ring substituents is 1. The van der Waals surface area contributed by atoms with E-state index in [1.807, 2.05) is 0 Å². The van der Waals surface area contributed by atoms with Crippen molar-refractivity contribution in [2.24, 2.45) is 17.4 Å². The van der Waals surface area contributed by atoms with E-state index in [2.05, 4.69) is 0 Å². The van der Waals surface area contributed by atoms with Crippen LogP contribution in [0.4, 0.5) is 5.69 Å². The van der Waals surface area contributed by atoms with Crippen molar-refractivity contribution in [3.05, 3.63) is 51.8 Å². The minimum absolute atomic E-state index is 0. The van der Waals surface area contributed by atoms with E-state index in [1.165, 1.54) is 38.0 Å². The summed E-state index contributed by atoms with van der Waals surface area (Å²) < 4.78 is 11.8. The maximum absolute atomic E-state index is 12.0. The molecule has 1 saturated carbocycles. The number of benzene rings is 1. The molecule has 7 N–H and O–H groups in total. The third-order valence-electron chi connectivity index (χ3n) is 5.61. The number of rotatable bonds is 7. The van der Waals surface area contributed by atoms with E-state index < -0.39 is 28.4 Å². The summed E-state index contributed by atoms with van der Waals surface area (Å²) in [6.45, 7) is 1.49. The number of hydrogen-bond acceptors (Lipinski definition) is 9. The Bertz CT molecular complexity index is 866. The van der Waals surface area contributed by atoms with Crippen molar-refractivity contribution in [2.45, 2.75) is 70.4 Å². The van der Waals surface area contributed by atoms with Crippen LogP contribution < -0.4 is 11.5 Å². The number of aryl methyl sites for hydroxylation is 1. The number of nitro benzene ring substituents is 1. The van der Waals surface area contributed by atoms with E-state index in [4.69, 9.17) is 20.0 Å². The van der Waals surface area contributed by atoms with Gasteiger partial charge in [-0.05, 0) is 44.6 Å². The molecule has 12 heteroatoms. The second-order valence-electron chi connectivity index (χ2n) is 8.22. The van der Waals surface area contributed by atoms with E-state index in [0.717, 1.165) is 38.6 Å². The van der Waals surface area contributed by atoms with Crippen LogP contribution in [-0.2, 0) is 45.7 Å². The van der Waals surface area contributed by atoms with Gasteiger partial charge in [0.1, 0.15) is 5.76 Å². The number of Topliss-reactive ketones (excluding diaryl/α,β-unsaturated/α-hetero) is 1. The number of hydrogen-bond donors (Lipinski definition) is 3. The number of ether oxygens (including phenoxy) is 1. The number of carbonyl (C=O) groups excluding carboxylic acids is 3. The maximum atomic E-state index is 12.0. The van der Waals surface area contributed by atoms with Crippen molar-refractivity contribution < 1.29 is 53.5 Å². The van der Waals surface area contributed by atoms with Crippen LogP contribution in [-0.4, -0.2) is 43.8 Å². The van der Waals surface area contributed by atoms with Gasteiger partial charge in [0.15, 0.2) is 17.5 Å². The third-order valence-corrected chi connectivity index (χ3v) is 5.61. The molecule has 1 aromatic carbocycles. The molecule has 2 aliphatic rings. The van der Waals surface area contributed by atoms with Crippen molar-refractivity contribution in [3.63, 3.8) is 0 Å². The Morgan fingerprint density at radius 2 is 1.66 bits per heavy atom. The monoisotopic (exact) mass is 675 g/mol. The van der Waals surface area contributed by atoms with E-state index in [0.29, 0.717) is 19.3 Å². The van der Waals surface area contributed by atoms with Gasteiger partial charge in [-0.1, -0.05) is 25.0 Å². The van der Waals surface area contributed by atoms with Crippen LogP contribution >= 0.6 is 0 Å².